The summed E-state index contributed by atoms with van der Waals surface area (Å²) < 4.78 is 1.96. The molecule has 1 amide bonds. The van der Waals surface area contributed by atoms with E-state index in [0.717, 1.165) is 42.8 Å². The second-order valence-corrected chi connectivity index (χ2v) is 7.58. The highest BCUT2D eigenvalue weighted by atomic mass is 16.3. The van der Waals surface area contributed by atoms with Crippen molar-refractivity contribution in [1.29, 1.82) is 0 Å². The smallest absolute Gasteiger partial charge is 0.274 e. The minimum atomic E-state index is -0.804. The van der Waals surface area contributed by atoms with Gasteiger partial charge in [0.2, 0.25) is 0 Å². The van der Waals surface area contributed by atoms with Gasteiger partial charge in [-0.2, -0.15) is 0 Å². The number of hydrogen-bond acceptors (Lipinski definition) is 5. The van der Waals surface area contributed by atoms with Crippen molar-refractivity contribution in [2.45, 2.75) is 45.3 Å². The number of fused-ring (bicyclic) bond motifs is 1. The number of aliphatic hydroxyl groups is 2. The summed E-state index contributed by atoms with van der Waals surface area (Å²) in [5.41, 5.74) is 3.18. The molecule has 2 aromatic rings. The maximum absolute atomic E-state index is 13.2. The van der Waals surface area contributed by atoms with Gasteiger partial charge in [0.05, 0.1) is 18.4 Å². The first-order valence-corrected chi connectivity index (χ1v) is 9.74. The second kappa shape index (κ2) is 8.82. The number of aryl methyl sites for hydroxylation is 1. The molecule has 27 heavy (non-hydrogen) atoms. The predicted octanol–water partition coefficient (Wildman–Crippen LogP) is 1.44. The van der Waals surface area contributed by atoms with Crippen molar-refractivity contribution in [3.05, 3.63) is 35.3 Å². The molecule has 0 saturated carbocycles. The quantitative estimate of drug-likeness (QED) is 0.800. The molecule has 0 spiro atoms. The molecule has 0 radical (unpaired) electrons. The van der Waals surface area contributed by atoms with Crippen LogP contribution in [0, 0.1) is 6.92 Å². The molecule has 0 aliphatic carbocycles. The number of imidazole rings is 1. The standard InChI is InChI=1S/C20H30N4O3/c1-15-7-10-24-17(13-22(2)12-16(26)14-25)19(21-18(24)11-15)20(27)23-8-5-3-4-6-9-23/h7,10-11,16,25-26H,3-6,8-9,12-14H2,1-2H3/t16-/m0/s1. The third-order valence-corrected chi connectivity index (χ3v) is 5.13. The molecule has 2 N–H and O–H groups in total. The van der Waals surface area contributed by atoms with Crippen LogP contribution in [0.15, 0.2) is 18.3 Å². The highest BCUT2D eigenvalue weighted by Gasteiger charge is 2.25. The number of pyridine rings is 1. The Hall–Kier alpha value is -1.96. The Labute approximate surface area is 160 Å². The first-order chi connectivity index (χ1) is 13.0. The summed E-state index contributed by atoms with van der Waals surface area (Å²) >= 11 is 0. The van der Waals surface area contributed by atoms with Crippen molar-refractivity contribution in [2.24, 2.45) is 0 Å². The summed E-state index contributed by atoms with van der Waals surface area (Å²) in [4.78, 5) is 21.7. The lowest BCUT2D eigenvalue weighted by atomic mass is 10.2. The molecule has 0 aromatic carbocycles. The van der Waals surface area contributed by atoms with E-state index >= 15 is 0 Å². The average Bonchev–Trinajstić information content (AvgIpc) is 2.83. The highest BCUT2D eigenvalue weighted by Crippen LogP contribution is 2.20. The minimum absolute atomic E-state index is 0.00985. The van der Waals surface area contributed by atoms with Crippen molar-refractivity contribution < 1.29 is 15.0 Å². The van der Waals surface area contributed by atoms with E-state index < -0.39 is 6.10 Å². The van der Waals surface area contributed by atoms with E-state index in [-0.39, 0.29) is 12.5 Å². The predicted molar refractivity (Wildman–Crippen MR) is 104 cm³/mol. The SMILES string of the molecule is Cc1ccn2c(CN(C)C[C@H](O)CO)c(C(=O)N3CCCCCC3)nc2c1. The Balaban J connectivity index is 1.93. The molecule has 7 heteroatoms. The number of aromatic nitrogens is 2. The Morgan fingerprint density at radius 3 is 2.67 bits per heavy atom. The summed E-state index contributed by atoms with van der Waals surface area (Å²) in [5.74, 6) is -0.00985. The van der Waals surface area contributed by atoms with E-state index in [0.29, 0.717) is 18.8 Å². The van der Waals surface area contributed by atoms with Gasteiger partial charge in [0, 0.05) is 32.4 Å². The number of likely N-dealkylation sites (N-methyl/N-ethyl adjacent to an activating group) is 1. The van der Waals surface area contributed by atoms with Gasteiger partial charge in [0.25, 0.3) is 5.91 Å². The van der Waals surface area contributed by atoms with E-state index in [2.05, 4.69) is 4.98 Å². The van der Waals surface area contributed by atoms with Crippen LogP contribution in [-0.2, 0) is 6.54 Å². The summed E-state index contributed by atoms with van der Waals surface area (Å²) in [6.07, 6.45) is 5.56. The number of aliphatic hydroxyl groups excluding tert-OH is 2. The number of likely N-dealkylation sites (tertiary alicyclic amines) is 1. The largest absolute Gasteiger partial charge is 0.394 e. The molecule has 1 atom stereocenters. The van der Waals surface area contributed by atoms with Crippen molar-refractivity contribution in [2.75, 3.05) is 33.3 Å². The Bertz CT molecular complexity index is 781. The number of rotatable bonds is 6. The molecule has 3 rings (SSSR count). The second-order valence-electron chi connectivity index (χ2n) is 7.58. The maximum atomic E-state index is 13.2. The lowest BCUT2D eigenvalue weighted by molar-refractivity contribution is 0.0640. The lowest BCUT2D eigenvalue weighted by Gasteiger charge is -2.22. The van der Waals surface area contributed by atoms with E-state index in [1.165, 1.54) is 12.8 Å². The van der Waals surface area contributed by atoms with Crippen LogP contribution in [0.2, 0.25) is 0 Å². The normalized spacial score (nSPS) is 16.7. The van der Waals surface area contributed by atoms with Crippen molar-refractivity contribution in [3.63, 3.8) is 0 Å². The van der Waals surface area contributed by atoms with Crippen LogP contribution in [-0.4, -0.2) is 74.7 Å². The number of amides is 1. The highest BCUT2D eigenvalue weighted by molar-refractivity contribution is 5.94. The molecule has 2 aromatic heterocycles. The number of carbonyl (C=O) groups excluding carboxylic acids is 1. The molecule has 3 heterocycles. The van der Waals surface area contributed by atoms with Crippen LogP contribution >= 0.6 is 0 Å². The lowest BCUT2D eigenvalue weighted by Crippen LogP contribution is -2.34. The Kier molecular flexibility index (Phi) is 6.46. The van der Waals surface area contributed by atoms with Gasteiger partial charge in [-0.1, -0.05) is 12.8 Å². The van der Waals surface area contributed by atoms with Gasteiger partial charge in [-0.05, 0) is 44.5 Å². The molecular formula is C20H30N4O3. The van der Waals surface area contributed by atoms with Gasteiger partial charge in [-0.25, -0.2) is 4.98 Å². The number of hydrogen-bond donors (Lipinski definition) is 2. The fourth-order valence-corrected chi connectivity index (χ4v) is 3.68. The number of carbonyl (C=O) groups is 1. The van der Waals surface area contributed by atoms with Gasteiger partial charge in [0.15, 0.2) is 5.69 Å². The zero-order chi connectivity index (χ0) is 19.4. The third-order valence-electron chi connectivity index (χ3n) is 5.13. The zero-order valence-electron chi connectivity index (χ0n) is 16.3. The van der Waals surface area contributed by atoms with E-state index in [1.807, 2.05) is 46.5 Å². The first kappa shape index (κ1) is 19.8. The van der Waals surface area contributed by atoms with Crippen LogP contribution in [0.25, 0.3) is 5.65 Å². The summed E-state index contributed by atoms with van der Waals surface area (Å²) in [5, 5.41) is 18.8. The third kappa shape index (κ3) is 4.66. The summed E-state index contributed by atoms with van der Waals surface area (Å²) in [6.45, 7) is 4.09. The molecule has 1 aliphatic heterocycles. The van der Waals surface area contributed by atoms with E-state index in [4.69, 9.17) is 5.11 Å². The van der Waals surface area contributed by atoms with Crippen LogP contribution in [0.3, 0.4) is 0 Å². The topological polar surface area (TPSA) is 81.3 Å². The summed E-state index contributed by atoms with van der Waals surface area (Å²) in [6, 6.07) is 3.98. The first-order valence-electron chi connectivity index (χ1n) is 9.74. The molecule has 7 nitrogen and oxygen atoms in total. The van der Waals surface area contributed by atoms with Gasteiger partial charge in [-0.15, -0.1) is 0 Å². The van der Waals surface area contributed by atoms with E-state index in [9.17, 15) is 9.90 Å². The monoisotopic (exact) mass is 374 g/mol. The Morgan fingerprint density at radius 2 is 2.00 bits per heavy atom. The fourth-order valence-electron chi connectivity index (χ4n) is 3.68. The van der Waals surface area contributed by atoms with Gasteiger partial charge < -0.3 is 19.5 Å². The van der Waals surface area contributed by atoms with Crippen LogP contribution in [0.5, 0.6) is 0 Å². The molecule has 0 bridgehead atoms. The molecule has 1 saturated heterocycles. The van der Waals surface area contributed by atoms with Crippen molar-refractivity contribution >= 4 is 11.6 Å². The number of nitrogens with zero attached hydrogens (tertiary/aromatic N) is 4. The van der Waals surface area contributed by atoms with E-state index in [1.54, 1.807) is 0 Å². The average molecular weight is 374 g/mol. The van der Waals surface area contributed by atoms with Crippen LogP contribution in [0.1, 0.15) is 47.4 Å². The van der Waals surface area contributed by atoms with Crippen LogP contribution < -0.4 is 0 Å². The zero-order valence-corrected chi connectivity index (χ0v) is 16.3. The van der Waals surface area contributed by atoms with Crippen molar-refractivity contribution in [3.8, 4) is 0 Å². The fraction of sp³-hybridized carbons (Fsp3) is 0.600. The molecule has 1 aliphatic rings. The molecule has 0 unspecified atom stereocenters. The van der Waals surface area contributed by atoms with Gasteiger partial charge in [0.1, 0.15) is 5.65 Å². The molecule has 148 valence electrons. The van der Waals surface area contributed by atoms with Crippen LogP contribution in [0.4, 0.5) is 0 Å². The molecular weight excluding hydrogens is 344 g/mol. The minimum Gasteiger partial charge on any atom is -0.394 e. The summed E-state index contributed by atoms with van der Waals surface area (Å²) in [7, 11) is 1.87. The Morgan fingerprint density at radius 1 is 1.30 bits per heavy atom. The van der Waals surface area contributed by atoms with Gasteiger partial charge in [-0.3, -0.25) is 9.69 Å². The van der Waals surface area contributed by atoms with Gasteiger partial charge >= 0.3 is 0 Å². The van der Waals surface area contributed by atoms with Crippen molar-refractivity contribution in [1.82, 2.24) is 19.2 Å². The maximum Gasteiger partial charge on any atom is 0.274 e. The molecule has 1 fully saturated rings.